The molecule has 2 aromatic heterocycles. The first-order chi connectivity index (χ1) is 14.1. The summed E-state index contributed by atoms with van der Waals surface area (Å²) in [6.07, 6.45) is 4.03. The van der Waals surface area contributed by atoms with Crippen LogP contribution >= 0.6 is 11.3 Å². The van der Waals surface area contributed by atoms with Gasteiger partial charge in [0.25, 0.3) is 5.91 Å². The summed E-state index contributed by atoms with van der Waals surface area (Å²) in [7, 11) is 0. The molecule has 1 aliphatic rings. The zero-order valence-electron chi connectivity index (χ0n) is 16.3. The first-order valence-corrected chi connectivity index (χ1v) is 10.7. The van der Waals surface area contributed by atoms with Crippen LogP contribution in [0.4, 0.5) is 5.13 Å². The number of nitrogens with one attached hydrogen (secondary N) is 1. The molecule has 1 unspecified atom stereocenters. The normalized spacial score (nSPS) is 16.6. The van der Waals surface area contributed by atoms with Gasteiger partial charge in [-0.1, -0.05) is 31.2 Å². The first kappa shape index (κ1) is 19.4. The summed E-state index contributed by atoms with van der Waals surface area (Å²) < 4.78 is 5.20. The molecule has 1 fully saturated rings. The van der Waals surface area contributed by atoms with Crippen LogP contribution in [0.3, 0.4) is 0 Å². The van der Waals surface area contributed by atoms with Crippen molar-refractivity contribution in [3.63, 3.8) is 0 Å². The predicted octanol–water partition coefficient (Wildman–Crippen LogP) is 4.46. The van der Waals surface area contributed by atoms with Gasteiger partial charge in [-0.25, -0.2) is 4.98 Å². The minimum Gasteiger partial charge on any atom is -0.459 e. The van der Waals surface area contributed by atoms with E-state index in [1.807, 2.05) is 5.38 Å². The van der Waals surface area contributed by atoms with Crippen LogP contribution < -0.4 is 5.32 Å². The summed E-state index contributed by atoms with van der Waals surface area (Å²) in [5, 5.41) is 5.46. The molecule has 0 bridgehead atoms. The van der Waals surface area contributed by atoms with Crippen molar-refractivity contribution in [2.45, 2.75) is 26.2 Å². The van der Waals surface area contributed by atoms with Crippen LogP contribution in [0.1, 0.15) is 35.9 Å². The summed E-state index contributed by atoms with van der Waals surface area (Å²) >= 11 is 1.41. The van der Waals surface area contributed by atoms with Gasteiger partial charge in [0.05, 0.1) is 17.9 Å². The maximum atomic E-state index is 12.7. The van der Waals surface area contributed by atoms with Crippen molar-refractivity contribution >= 4 is 28.3 Å². The molecule has 150 valence electrons. The Morgan fingerprint density at radius 2 is 2.10 bits per heavy atom. The number of aryl methyl sites for hydroxylation is 1. The van der Waals surface area contributed by atoms with E-state index in [1.54, 1.807) is 17.0 Å². The van der Waals surface area contributed by atoms with Crippen LogP contribution in [-0.2, 0) is 11.2 Å². The number of hydrogen-bond donors (Lipinski definition) is 1. The molecule has 2 amide bonds. The van der Waals surface area contributed by atoms with Crippen LogP contribution in [0.25, 0.3) is 11.3 Å². The molecule has 3 heterocycles. The summed E-state index contributed by atoms with van der Waals surface area (Å²) in [4.78, 5) is 31.5. The van der Waals surface area contributed by atoms with E-state index in [-0.39, 0.29) is 17.7 Å². The molecular weight excluding hydrogens is 386 g/mol. The third-order valence-electron chi connectivity index (χ3n) is 5.20. The number of rotatable bonds is 5. The first-order valence-electron chi connectivity index (χ1n) is 9.82. The lowest BCUT2D eigenvalue weighted by Crippen LogP contribution is -2.43. The number of aromatic nitrogens is 1. The highest BCUT2D eigenvalue weighted by Gasteiger charge is 2.30. The summed E-state index contributed by atoms with van der Waals surface area (Å²) in [5.41, 5.74) is 3.17. The van der Waals surface area contributed by atoms with Crippen LogP contribution in [-0.4, -0.2) is 34.8 Å². The Bertz CT molecular complexity index is 979. The predicted molar refractivity (Wildman–Crippen MR) is 113 cm³/mol. The molecule has 0 saturated carbocycles. The third-order valence-corrected chi connectivity index (χ3v) is 5.96. The lowest BCUT2D eigenvalue weighted by Gasteiger charge is -2.31. The third kappa shape index (κ3) is 4.40. The van der Waals surface area contributed by atoms with Gasteiger partial charge in [0.1, 0.15) is 0 Å². The van der Waals surface area contributed by atoms with Gasteiger partial charge >= 0.3 is 0 Å². The van der Waals surface area contributed by atoms with Gasteiger partial charge in [-0.05, 0) is 37.0 Å². The van der Waals surface area contributed by atoms with E-state index in [1.165, 1.54) is 23.2 Å². The molecule has 1 aromatic carbocycles. The van der Waals surface area contributed by atoms with Gasteiger partial charge in [-0.3, -0.25) is 9.59 Å². The van der Waals surface area contributed by atoms with Crippen molar-refractivity contribution in [3.8, 4) is 11.3 Å². The van der Waals surface area contributed by atoms with Gasteiger partial charge in [-0.2, -0.15) is 0 Å². The molecule has 3 aromatic rings. The Kier molecular flexibility index (Phi) is 5.76. The summed E-state index contributed by atoms with van der Waals surface area (Å²) in [6.45, 7) is 3.15. The molecule has 0 spiro atoms. The monoisotopic (exact) mass is 409 g/mol. The van der Waals surface area contributed by atoms with Gasteiger partial charge in [0, 0.05) is 24.0 Å². The molecule has 4 rings (SSSR count). The maximum absolute atomic E-state index is 12.7. The molecular formula is C22H23N3O3S. The highest BCUT2D eigenvalue weighted by Crippen LogP contribution is 2.27. The SMILES string of the molecule is CCc1ccc(-c2csc(NC(=O)C3CCCN(C(=O)c4ccco4)C3)n2)cc1. The zero-order chi connectivity index (χ0) is 20.2. The summed E-state index contributed by atoms with van der Waals surface area (Å²) in [6, 6.07) is 11.6. The Hall–Kier alpha value is -2.93. The average Bonchev–Trinajstić information content (AvgIpc) is 3.46. The van der Waals surface area contributed by atoms with E-state index in [0.29, 0.717) is 24.0 Å². The number of piperidine rings is 1. The van der Waals surface area contributed by atoms with Crippen LogP contribution in [0, 0.1) is 5.92 Å². The number of carbonyl (C=O) groups excluding carboxylic acids is 2. The quantitative estimate of drug-likeness (QED) is 0.675. The Morgan fingerprint density at radius 1 is 1.28 bits per heavy atom. The lowest BCUT2D eigenvalue weighted by atomic mass is 9.97. The van der Waals surface area contributed by atoms with E-state index >= 15 is 0 Å². The highest BCUT2D eigenvalue weighted by atomic mass is 32.1. The Balaban J connectivity index is 1.38. The van der Waals surface area contributed by atoms with Gasteiger partial charge < -0.3 is 14.6 Å². The summed E-state index contributed by atoms with van der Waals surface area (Å²) in [5.74, 6) is -0.202. The number of carbonyl (C=O) groups is 2. The van der Waals surface area contributed by atoms with E-state index in [9.17, 15) is 9.59 Å². The maximum Gasteiger partial charge on any atom is 0.289 e. The van der Waals surface area contributed by atoms with Crippen molar-refractivity contribution in [3.05, 3.63) is 59.4 Å². The van der Waals surface area contributed by atoms with Crippen molar-refractivity contribution < 1.29 is 14.0 Å². The largest absolute Gasteiger partial charge is 0.459 e. The molecule has 6 nitrogen and oxygen atoms in total. The van der Waals surface area contributed by atoms with Crippen molar-refractivity contribution in [1.82, 2.24) is 9.88 Å². The molecule has 0 radical (unpaired) electrons. The standard InChI is InChI=1S/C22H23N3O3S/c1-2-15-7-9-16(10-8-15)18-14-29-22(23-18)24-20(26)17-5-3-11-25(13-17)21(27)19-6-4-12-28-19/h4,6-10,12,14,17H,2-3,5,11,13H2,1H3,(H,23,24,26). The number of thiazole rings is 1. The van der Waals surface area contributed by atoms with Crippen LogP contribution in [0.5, 0.6) is 0 Å². The lowest BCUT2D eigenvalue weighted by molar-refractivity contribution is -0.121. The molecule has 7 heteroatoms. The second kappa shape index (κ2) is 8.61. The fourth-order valence-corrected chi connectivity index (χ4v) is 4.24. The molecule has 0 aliphatic carbocycles. The molecule has 1 N–H and O–H groups in total. The fourth-order valence-electron chi connectivity index (χ4n) is 3.51. The van der Waals surface area contributed by atoms with Crippen molar-refractivity contribution in [2.24, 2.45) is 5.92 Å². The van der Waals surface area contributed by atoms with Gasteiger partial charge in [0.2, 0.25) is 5.91 Å². The minimum absolute atomic E-state index is 0.0934. The van der Waals surface area contributed by atoms with Crippen molar-refractivity contribution in [2.75, 3.05) is 18.4 Å². The molecule has 1 atom stereocenters. The topological polar surface area (TPSA) is 75.4 Å². The smallest absolute Gasteiger partial charge is 0.289 e. The van der Waals surface area contributed by atoms with E-state index in [0.717, 1.165) is 30.5 Å². The zero-order valence-corrected chi connectivity index (χ0v) is 17.1. The number of hydrogen-bond acceptors (Lipinski definition) is 5. The van der Waals surface area contributed by atoms with E-state index in [2.05, 4.69) is 41.5 Å². The van der Waals surface area contributed by atoms with Crippen molar-refractivity contribution in [1.29, 1.82) is 0 Å². The average molecular weight is 410 g/mol. The molecule has 1 saturated heterocycles. The van der Waals surface area contributed by atoms with Crippen LogP contribution in [0.15, 0.2) is 52.5 Å². The second-order valence-electron chi connectivity index (χ2n) is 7.15. The Morgan fingerprint density at radius 3 is 2.83 bits per heavy atom. The Labute approximate surface area is 173 Å². The molecule has 1 aliphatic heterocycles. The number of nitrogens with zero attached hydrogens (tertiary/aromatic N) is 2. The molecule has 29 heavy (non-hydrogen) atoms. The number of likely N-dealkylation sites (tertiary alicyclic amines) is 1. The van der Waals surface area contributed by atoms with Gasteiger partial charge in [0.15, 0.2) is 10.9 Å². The number of amides is 2. The highest BCUT2D eigenvalue weighted by molar-refractivity contribution is 7.14. The fraction of sp³-hybridized carbons (Fsp3) is 0.318. The number of benzene rings is 1. The van der Waals surface area contributed by atoms with Gasteiger partial charge in [-0.15, -0.1) is 11.3 Å². The number of furan rings is 1. The number of anilines is 1. The van der Waals surface area contributed by atoms with Crippen LogP contribution in [0.2, 0.25) is 0 Å². The minimum atomic E-state index is -0.251. The van der Waals surface area contributed by atoms with E-state index < -0.39 is 0 Å². The van der Waals surface area contributed by atoms with E-state index in [4.69, 9.17) is 4.42 Å². The second-order valence-corrected chi connectivity index (χ2v) is 8.00.